The van der Waals surface area contributed by atoms with Crippen molar-refractivity contribution in [3.8, 4) is 0 Å². The molecule has 0 aromatic carbocycles. The predicted octanol–water partition coefficient (Wildman–Crippen LogP) is 13.4. The number of fused-ring (bicyclic) bond motifs is 2. The quantitative estimate of drug-likeness (QED) is 0.0180. The molecule has 0 N–H and O–H groups in total. The SMILES string of the molecule is CCC=CCC1C=CC(C(CCCCCCCC(=O)OCC(COC(=O)CCCCCCCC(C2CC(=O)OC2=O)C2C=CC(CCCCC)C3C(=O)OC(=O)C23)OC(=O)CCCCCCCC(C=CCCCCCCC)C2CC(=O)OC2=O)C2CC(=O)OC2=O)C2C(=O)OC(=O)C12. The van der Waals surface area contributed by atoms with Crippen LogP contribution >= 0.6 is 0 Å². The van der Waals surface area contributed by atoms with Gasteiger partial charge in [0.05, 0.1) is 60.7 Å². The number of rotatable bonds is 48. The van der Waals surface area contributed by atoms with Crippen LogP contribution in [0.3, 0.4) is 0 Å². The monoisotopic (exact) mass is 1370 g/mol. The molecule has 542 valence electrons. The Morgan fingerprint density at radius 1 is 0.418 bits per heavy atom. The first-order chi connectivity index (χ1) is 47.4. The Bertz CT molecular complexity index is 2860. The number of unbranched alkanes of at least 4 members (excludes halogenated alkanes) is 19. The van der Waals surface area contributed by atoms with Gasteiger partial charge in [0.25, 0.3) is 0 Å². The number of cyclic esters (lactones) is 10. The highest BCUT2D eigenvalue weighted by Crippen LogP contribution is 2.51. The lowest BCUT2D eigenvalue weighted by atomic mass is 9.63. The first kappa shape index (κ1) is 78.4. The van der Waals surface area contributed by atoms with Crippen LogP contribution in [0, 0.1) is 82.9 Å². The summed E-state index contributed by atoms with van der Waals surface area (Å²) in [5, 5.41) is 0. The van der Waals surface area contributed by atoms with Crippen LogP contribution in [0.15, 0.2) is 48.6 Å². The average Bonchev–Trinajstić information content (AvgIpc) is 1.58. The molecule has 0 radical (unpaired) electrons. The molecule has 5 saturated heterocycles. The molecular weight excluding hydrogens is 1260 g/mol. The molecule has 21 nitrogen and oxygen atoms in total. The summed E-state index contributed by atoms with van der Waals surface area (Å²) in [5.74, 6) is -14.5. The third kappa shape index (κ3) is 23.9. The standard InChI is InChI=1S/C77H108O21/c1-4-7-10-11-12-16-25-32-50(58-45-64(81)94-71(58)84)33-26-17-13-22-31-40-63(80)93-53(48-91-61(78)38-29-20-14-18-27-36-54(59-46-65(82)95-72(59)85)56-43-41-51(34-23-8-5-2)67-69(56)76(89)97-74(67)87)49-92-62(79)39-30-21-15-19-28-37-55(60-47-66(83)96-73(60)86)57-44-42-52(35-24-9-6-3)68-70(57)77(90)98-75(68)88/h8,23,25,32,41-44,50-60,67-70H,4-7,9-22,24,26-31,33-40,45-49H2,1-3H3. The zero-order valence-electron chi connectivity index (χ0n) is 58.2. The number of ether oxygens (including phenoxy) is 8. The van der Waals surface area contributed by atoms with E-state index in [-0.39, 0.29) is 69.5 Å². The molecule has 0 amide bonds. The zero-order chi connectivity index (χ0) is 70.3. The summed E-state index contributed by atoms with van der Waals surface area (Å²) in [6, 6.07) is 0. The van der Waals surface area contributed by atoms with E-state index in [9.17, 15) is 62.3 Å². The van der Waals surface area contributed by atoms with E-state index in [1.165, 1.54) is 19.3 Å². The highest BCUT2D eigenvalue weighted by molar-refractivity contribution is 5.99. The van der Waals surface area contributed by atoms with Gasteiger partial charge < -0.3 is 37.9 Å². The third-order valence-electron chi connectivity index (χ3n) is 21.2. The number of hydrogen-bond donors (Lipinski definition) is 0. The van der Waals surface area contributed by atoms with Gasteiger partial charge in [-0.15, -0.1) is 0 Å². The minimum absolute atomic E-state index is 0.0696. The van der Waals surface area contributed by atoms with Crippen molar-refractivity contribution in [2.45, 2.75) is 258 Å². The fraction of sp³-hybridized carbons (Fsp3) is 0.727. The Balaban J connectivity index is 0.859. The molecule has 5 aliphatic heterocycles. The smallest absolute Gasteiger partial charge is 0.318 e. The molecule has 2 aliphatic carbocycles. The average molecular weight is 1370 g/mol. The molecule has 0 bridgehead atoms. The molecule has 15 atom stereocenters. The van der Waals surface area contributed by atoms with Gasteiger partial charge in [0, 0.05) is 19.3 Å². The summed E-state index contributed by atoms with van der Waals surface area (Å²) in [7, 11) is 0. The molecule has 0 spiro atoms. The number of carbonyl (C=O) groups excluding carboxylic acids is 13. The van der Waals surface area contributed by atoms with Crippen molar-refractivity contribution in [1.82, 2.24) is 0 Å². The molecule has 21 heteroatoms. The molecule has 7 rings (SSSR count). The normalized spacial score (nSPS) is 26.3. The van der Waals surface area contributed by atoms with E-state index in [0.717, 1.165) is 109 Å². The lowest BCUT2D eigenvalue weighted by molar-refractivity contribution is -0.167. The summed E-state index contributed by atoms with van der Waals surface area (Å²) in [6.45, 7) is 5.61. The van der Waals surface area contributed by atoms with Gasteiger partial charge in [-0.1, -0.05) is 191 Å². The fourth-order valence-corrected chi connectivity index (χ4v) is 15.9. The maximum atomic E-state index is 13.3. The second kappa shape index (κ2) is 41.6. The number of carbonyl (C=O) groups is 13. The van der Waals surface area contributed by atoms with Crippen molar-refractivity contribution in [3.63, 3.8) is 0 Å². The first-order valence-corrected chi connectivity index (χ1v) is 37.4. The highest BCUT2D eigenvalue weighted by Gasteiger charge is 2.58. The van der Waals surface area contributed by atoms with Crippen LogP contribution < -0.4 is 0 Å². The van der Waals surface area contributed by atoms with Crippen LogP contribution in [0.1, 0.15) is 252 Å². The lowest BCUT2D eigenvalue weighted by Gasteiger charge is -2.37. The van der Waals surface area contributed by atoms with Gasteiger partial charge in [0.15, 0.2) is 6.10 Å². The summed E-state index contributed by atoms with van der Waals surface area (Å²) < 4.78 is 42.2. The molecule has 0 aromatic heterocycles. The van der Waals surface area contributed by atoms with Crippen LogP contribution in [0.4, 0.5) is 0 Å². The molecule has 0 saturated carbocycles. The van der Waals surface area contributed by atoms with Crippen LogP contribution in [0.2, 0.25) is 0 Å². The minimum Gasteiger partial charge on any atom is -0.462 e. The van der Waals surface area contributed by atoms with Gasteiger partial charge in [-0.2, -0.15) is 0 Å². The van der Waals surface area contributed by atoms with Gasteiger partial charge in [-0.25, -0.2) is 0 Å². The first-order valence-electron chi connectivity index (χ1n) is 37.4. The van der Waals surface area contributed by atoms with Gasteiger partial charge in [-0.05, 0) is 112 Å². The topological polar surface area (TPSA) is 296 Å². The summed E-state index contributed by atoms with van der Waals surface area (Å²) in [4.78, 5) is 167. The summed E-state index contributed by atoms with van der Waals surface area (Å²) >= 11 is 0. The molecule has 7 aliphatic rings. The molecular formula is C77H108O21. The Hall–Kier alpha value is -6.93. The molecule has 5 heterocycles. The van der Waals surface area contributed by atoms with E-state index < -0.39 is 149 Å². The van der Waals surface area contributed by atoms with Crippen molar-refractivity contribution in [3.05, 3.63) is 48.6 Å². The maximum absolute atomic E-state index is 13.3. The fourth-order valence-electron chi connectivity index (χ4n) is 15.9. The van der Waals surface area contributed by atoms with Crippen molar-refractivity contribution in [2.75, 3.05) is 13.2 Å². The van der Waals surface area contributed by atoms with Crippen LogP contribution in [0.25, 0.3) is 0 Å². The number of allylic oxidation sites excluding steroid dienone is 8. The summed E-state index contributed by atoms with van der Waals surface area (Å²) in [6.07, 6.45) is 38.8. The Kier molecular flexibility index (Phi) is 33.3. The van der Waals surface area contributed by atoms with Gasteiger partial charge >= 0.3 is 77.6 Å². The van der Waals surface area contributed by atoms with Gasteiger partial charge in [0.1, 0.15) is 13.2 Å². The maximum Gasteiger partial charge on any atom is 0.318 e. The van der Waals surface area contributed by atoms with E-state index in [2.05, 4.69) is 26.0 Å². The lowest BCUT2D eigenvalue weighted by Crippen LogP contribution is -2.40. The second-order valence-electron chi connectivity index (χ2n) is 28.3. The van der Waals surface area contributed by atoms with Gasteiger partial charge in [0.2, 0.25) is 0 Å². The Labute approximate surface area is 578 Å². The van der Waals surface area contributed by atoms with Crippen LogP contribution in [0.5, 0.6) is 0 Å². The largest absolute Gasteiger partial charge is 0.462 e. The van der Waals surface area contributed by atoms with E-state index in [0.29, 0.717) is 64.2 Å². The zero-order valence-corrected chi connectivity index (χ0v) is 58.2. The minimum atomic E-state index is -1.07. The van der Waals surface area contributed by atoms with Crippen molar-refractivity contribution < 1.29 is 100 Å². The second-order valence-corrected chi connectivity index (χ2v) is 28.3. The van der Waals surface area contributed by atoms with E-state index in [1.807, 2.05) is 43.4 Å². The highest BCUT2D eigenvalue weighted by atomic mass is 16.6. The molecule has 0 aromatic rings. The van der Waals surface area contributed by atoms with Crippen molar-refractivity contribution in [1.29, 1.82) is 0 Å². The number of esters is 13. The van der Waals surface area contributed by atoms with E-state index >= 15 is 0 Å². The summed E-state index contributed by atoms with van der Waals surface area (Å²) in [5.41, 5.74) is 0. The van der Waals surface area contributed by atoms with Crippen molar-refractivity contribution >= 4 is 77.6 Å². The van der Waals surface area contributed by atoms with E-state index in [4.69, 9.17) is 37.9 Å². The van der Waals surface area contributed by atoms with Gasteiger partial charge in [-0.3, -0.25) is 62.3 Å². The third-order valence-corrected chi connectivity index (χ3v) is 21.2. The molecule has 15 unspecified atom stereocenters. The number of hydrogen-bond acceptors (Lipinski definition) is 21. The molecule has 5 fully saturated rings. The van der Waals surface area contributed by atoms with Crippen molar-refractivity contribution in [2.24, 2.45) is 82.9 Å². The molecule has 98 heavy (non-hydrogen) atoms. The van der Waals surface area contributed by atoms with E-state index in [1.54, 1.807) is 0 Å². The predicted molar refractivity (Wildman–Crippen MR) is 356 cm³/mol. The Morgan fingerprint density at radius 3 is 1.33 bits per heavy atom. The van der Waals surface area contributed by atoms with Crippen LogP contribution in [-0.4, -0.2) is 96.9 Å². The van der Waals surface area contributed by atoms with Crippen LogP contribution in [-0.2, 0) is 100 Å². The Morgan fingerprint density at radius 2 is 0.837 bits per heavy atom.